The van der Waals surface area contributed by atoms with E-state index in [-0.39, 0.29) is 23.4 Å². The second-order valence-corrected chi connectivity index (χ2v) is 11.5. The fourth-order valence-electron chi connectivity index (χ4n) is 4.06. The van der Waals surface area contributed by atoms with E-state index in [2.05, 4.69) is 17.4 Å². The molecular weight excluding hydrogens is 492 g/mol. The molecule has 0 aliphatic heterocycles. The maximum atomic E-state index is 13.3. The number of anilines is 1. The van der Waals surface area contributed by atoms with Crippen LogP contribution in [0.15, 0.2) is 83.8 Å². The van der Waals surface area contributed by atoms with Crippen LogP contribution in [0, 0.1) is 0 Å². The molecule has 0 saturated heterocycles. The Bertz CT molecular complexity index is 1430. The molecule has 1 N–H and O–H groups in total. The third-order valence-corrected chi connectivity index (χ3v) is 9.06. The van der Waals surface area contributed by atoms with Crippen LogP contribution >= 0.6 is 11.3 Å². The van der Waals surface area contributed by atoms with E-state index in [0.717, 1.165) is 22.9 Å². The second kappa shape index (κ2) is 11.1. The van der Waals surface area contributed by atoms with Crippen LogP contribution in [0.2, 0.25) is 0 Å². The predicted octanol–water partition coefficient (Wildman–Crippen LogP) is 5.88. The molecule has 0 aliphatic rings. The Kier molecular flexibility index (Phi) is 7.96. The van der Waals surface area contributed by atoms with E-state index in [4.69, 9.17) is 4.74 Å². The summed E-state index contributed by atoms with van der Waals surface area (Å²) in [6.07, 6.45) is 1.74. The van der Waals surface area contributed by atoms with Gasteiger partial charge in [-0.3, -0.25) is 9.10 Å². The number of rotatable bonds is 10. The number of fused-ring (bicyclic) bond motifs is 1. The lowest BCUT2D eigenvalue weighted by atomic mass is 10.1. The molecule has 6 nitrogen and oxygen atoms in total. The van der Waals surface area contributed by atoms with E-state index < -0.39 is 10.0 Å². The number of hydrogen-bond acceptors (Lipinski definition) is 5. The molecule has 8 heteroatoms. The number of thiophene rings is 1. The zero-order valence-corrected chi connectivity index (χ0v) is 22.2. The van der Waals surface area contributed by atoms with E-state index >= 15 is 0 Å². The summed E-state index contributed by atoms with van der Waals surface area (Å²) in [5.74, 6) is 0.480. The molecule has 36 heavy (non-hydrogen) atoms. The molecule has 0 bridgehead atoms. The van der Waals surface area contributed by atoms with Gasteiger partial charge in [0.25, 0.3) is 15.9 Å². The molecule has 1 amide bonds. The van der Waals surface area contributed by atoms with Crippen molar-refractivity contribution in [3.05, 3.63) is 89.3 Å². The molecule has 4 rings (SSSR count). The zero-order valence-electron chi connectivity index (χ0n) is 20.6. The molecule has 3 aromatic carbocycles. The number of sulfonamides is 1. The highest BCUT2D eigenvalue weighted by Gasteiger charge is 2.24. The maximum Gasteiger partial charge on any atom is 0.264 e. The number of nitrogens with one attached hydrogen (secondary N) is 1. The molecule has 188 valence electrons. The number of benzene rings is 3. The Morgan fingerprint density at radius 3 is 2.42 bits per heavy atom. The SMILES string of the molecule is CCN(c1ccc2sc(C(=O)NC(C)CCc3ccccc3)cc2c1)S(=O)(=O)c1ccc(OC)cc1. The number of methoxy groups -OCH3 is 1. The fourth-order valence-corrected chi connectivity index (χ4v) is 6.47. The molecule has 1 unspecified atom stereocenters. The number of ether oxygens (including phenoxy) is 1. The smallest absolute Gasteiger partial charge is 0.264 e. The Labute approximate surface area is 216 Å². The van der Waals surface area contributed by atoms with Crippen LogP contribution in [0.4, 0.5) is 5.69 Å². The van der Waals surface area contributed by atoms with Gasteiger partial charge in [-0.15, -0.1) is 11.3 Å². The molecule has 4 aromatic rings. The maximum absolute atomic E-state index is 13.3. The first-order valence-corrected chi connectivity index (χ1v) is 14.1. The highest BCUT2D eigenvalue weighted by Crippen LogP contribution is 2.32. The van der Waals surface area contributed by atoms with Crippen LogP contribution in [0.5, 0.6) is 5.75 Å². The molecule has 0 aliphatic carbocycles. The highest BCUT2D eigenvalue weighted by atomic mass is 32.2. The average molecular weight is 523 g/mol. The van der Waals surface area contributed by atoms with E-state index in [1.807, 2.05) is 43.3 Å². The van der Waals surface area contributed by atoms with Gasteiger partial charge < -0.3 is 10.1 Å². The molecule has 1 aromatic heterocycles. The van der Waals surface area contributed by atoms with Gasteiger partial charge >= 0.3 is 0 Å². The van der Waals surface area contributed by atoms with Gasteiger partial charge in [-0.1, -0.05) is 30.3 Å². The van der Waals surface area contributed by atoms with E-state index in [9.17, 15) is 13.2 Å². The topological polar surface area (TPSA) is 75.7 Å². The molecule has 0 fully saturated rings. The lowest BCUT2D eigenvalue weighted by molar-refractivity contribution is 0.0942. The van der Waals surface area contributed by atoms with Crippen LogP contribution in [0.25, 0.3) is 10.1 Å². The second-order valence-electron chi connectivity index (χ2n) is 8.58. The minimum Gasteiger partial charge on any atom is -0.497 e. The van der Waals surface area contributed by atoms with Crippen molar-refractivity contribution in [1.82, 2.24) is 5.32 Å². The van der Waals surface area contributed by atoms with Crippen molar-refractivity contribution in [1.29, 1.82) is 0 Å². The molecule has 0 spiro atoms. The quantitative estimate of drug-likeness (QED) is 0.282. The molecular formula is C28H30N2O4S2. The van der Waals surface area contributed by atoms with Gasteiger partial charge in [0.1, 0.15) is 5.75 Å². The summed E-state index contributed by atoms with van der Waals surface area (Å²) in [7, 11) is -2.21. The van der Waals surface area contributed by atoms with Gasteiger partial charge in [0, 0.05) is 17.3 Å². The Morgan fingerprint density at radius 1 is 1.03 bits per heavy atom. The fraction of sp³-hybridized carbons (Fsp3) is 0.250. The first kappa shape index (κ1) is 25.7. The summed E-state index contributed by atoms with van der Waals surface area (Å²) in [4.78, 5) is 13.7. The highest BCUT2D eigenvalue weighted by molar-refractivity contribution is 7.92. The Morgan fingerprint density at radius 2 is 1.75 bits per heavy atom. The lowest BCUT2D eigenvalue weighted by Gasteiger charge is -2.23. The monoisotopic (exact) mass is 522 g/mol. The van der Waals surface area contributed by atoms with Crippen molar-refractivity contribution in [2.24, 2.45) is 0 Å². The molecule has 1 heterocycles. The minimum atomic E-state index is -3.75. The molecule has 0 saturated carbocycles. The third-order valence-electron chi connectivity index (χ3n) is 6.03. The van der Waals surface area contributed by atoms with Gasteiger partial charge in [0.15, 0.2) is 0 Å². The minimum absolute atomic E-state index is 0.0312. The van der Waals surface area contributed by atoms with Crippen LogP contribution in [-0.4, -0.2) is 34.0 Å². The number of nitrogens with zero attached hydrogens (tertiary/aromatic N) is 1. The molecule has 1 atom stereocenters. The van der Waals surface area contributed by atoms with E-state index in [1.165, 1.54) is 28.3 Å². The first-order chi connectivity index (χ1) is 17.3. The largest absolute Gasteiger partial charge is 0.497 e. The predicted molar refractivity (Wildman–Crippen MR) is 147 cm³/mol. The van der Waals surface area contributed by atoms with Crippen molar-refractivity contribution in [2.45, 2.75) is 37.6 Å². The number of amides is 1. The van der Waals surface area contributed by atoms with Crippen molar-refractivity contribution in [3.63, 3.8) is 0 Å². The zero-order chi connectivity index (χ0) is 25.7. The van der Waals surface area contributed by atoms with Crippen LogP contribution < -0.4 is 14.4 Å². The van der Waals surface area contributed by atoms with Gasteiger partial charge in [-0.25, -0.2) is 8.42 Å². The summed E-state index contributed by atoms with van der Waals surface area (Å²) in [5, 5.41) is 3.92. The Hall–Kier alpha value is -3.36. The standard InChI is InChI=1S/C28H30N2O4S2/c1-4-30(36(32,33)25-15-13-24(34-3)14-16-25)23-12-17-26-22(18-23)19-27(35-26)28(31)29-20(2)10-11-21-8-6-5-7-9-21/h5-9,12-20H,4,10-11H2,1-3H3,(H,29,31). The van der Waals surface area contributed by atoms with Gasteiger partial charge in [-0.05, 0) is 86.2 Å². The number of carbonyl (C=O) groups excluding carboxylic acids is 1. The van der Waals surface area contributed by atoms with E-state index in [0.29, 0.717) is 16.3 Å². The number of carbonyl (C=O) groups is 1. The van der Waals surface area contributed by atoms with Gasteiger partial charge in [0.2, 0.25) is 0 Å². The summed E-state index contributed by atoms with van der Waals surface area (Å²) in [6, 6.07) is 23.9. The van der Waals surface area contributed by atoms with Crippen molar-refractivity contribution < 1.29 is 17.9 Å². The van der Waals surface area contributed by atoms with Crippen molar-refractivity contribution >= 4 is 43.0 Å². The van der Waals surface area contributed by atoms with Crippen molar-refractivity contribution in [3.8, 4) is 5.75 Å². The average Bonchev–Trinajstić information content (AvgIpc) is 3.32. The van der Waals surface area contributed by atoms with Crippen LogP contribution in [-0.2, 0) is 16.4 Å². The summed E-state index contributed by atoms with van der Waals surface area (Å²) in [6.45, 7) is 4.08. The van der Waals surface area contributed by atoms with Crippen molar-refractivity contribution in [2.75, 3.05) is 18.0 Å². The van der Waals surface area contributed by atoms with Crippen LogP contribution in [0.1, 0.15) is 35.5 Å². The molecule has 0 radical (unpaired) electrons. The van der Waals surface area contributed by atoms with E-state index in [1.54, 1.807) is 37.3 Å². The van der Waals surface area contributed by atoms with Crippen LogP contribution in [0.3, 0.4) is 0 Å². The summed E-state index contributed by atoms with van der Waals surface area (Å²) in [5.41, 5.74) is 1.81. The number of aryl methyl sites for hydroxylation is 1. The normalized spacial score (nSPS) is 12.3. The summed E-state index contributed by atoms with van der Waals surface area (Å²) >= 11 is 1.40. The first-order valence-electron chi connectivity index (χ1n) is 11.9. The third kappa shape index (κ3) is 5.71. The summed E-state index contributed by atoms with van der Waals surface area (Å²) < 4.78 is 34.1. The number of hydrogen-bond donors (Lipinski definition) is 1. The van der Waals surface area contributed by atoms with Gasteiger partial charge in [-0.2, -0.15) is 0 Å². The lowest BCUT2D eigenvalue weighted by Crippen LogP contribution is -2.32. The van der Waals surface area contributed by atoms with Gasteiger partial charge in [0.05, 0.1) is 22.6 Å². The Balaban J connectivity index is 1.49.